The van der Waals surface area contributed by atoms with E-state index in [1.807, 2.05) is 0 Å². The van der Waals surface area contributed by atoms with Crippen LogP contribution in [0.25, 0.3) is 92.5 Å². The Labute approximate surface area is 260 Å². The molecule has 10 rings (SSSR count). The minimum atomic E-state index is 1.20. The molecule has 45 heavy (non-hydrogen) atoms. The molecule has 1 nitrogen and oxygen atoms in total. The van der Waals surface area contributed by atoms with Gasteiger partial charge in [-0.1, -0.05) is 152 Å². The van der Waals surface area contributed by atoms with Crippen molar-refractivity contribution in [3.05, 3.63) is 164 Å². The summed E-state index contributed by atoms with van der Waals surface area (Å²) in [6, 6.07) is 60.1. The number of benzene rings is 9. The van der Waals surface area contributed by atoms with Gasteiger partial charge < -0.3 is 4.57 Å². The number of rotatable bonds is 2. The molecule has 0 aliphatic carbocycles. The maximum absolute atomic E-state index is 2.54. The van der Waals surface area contributed by atoms with Gasteiger partial charge in [0.05, 0.1) is 16.7 Å². The fraction of sp³-hybridized carbons (Fsp3) is 0. The van der Waals surface area contributed by atoms with E-state index in [0.717, 1.165) is 0 Å². The second-order valence-corrected chi connectivity index (χ2v) is 12.0. The smallest absolute Gasteiger partial charge is 0.0626 e. The third kappa shape index (κ3) is 3.33. The minimum Gasteiger partial charge on any atom is -0.308 e. The van der Waals surface area contributed by atoms with Crippen LogP contribution in [0.4, 0.5) is 0 Å². The van der Waals surface area contributed by atoms with Gasteiger partial charge in [-0.15, -0.1) is 0 Å². The largest absolute Gasteiger partial charge is 0.308 e. The molecule has 0 bridgehead atoms. The van der Waals surface area contributed by atoms with Crippen LogP contribution in [0.3, 0.4) is 0 Å². The Morgan fingerprint density at radius 3 is 1.47 bits per heavy atom. The highest BCUT2D eigenvalue weighted by Crippen LogP contribution is 2.48. The van der Waals surface area contributed by atoms with E-state index in [1.165, 1.54) is 92.5 Å². The van der Waals surface area contributed by atoms with Crippen LogP contribution in [0, 0.1) is 0 Å². The second kappa shape index (κ2) is 9.29. The number of nitrogens with zero attached hydrogens (tertiary/aromatic N) is 1. The molecular formula is C44H27N. The van der Waals surface area contributed by atoms with Gasteiger partial charge in [0.2, 0.25) is 0 Å². The van der Waals surface area contributed by atoms with Crippen LogP contribution >= 0.6 is 0 Å². The van der Waals surface area contributed by atoms with E-state index >= 15 is 0 Å². The van der Waals surface area contributed by atoms with Crippen LogP contribution in [0.5, 0.6) is 0 Å². The maximum atomic E-state index is 2.54. The number of aromatic nitrogens is 1. The zero-order chi connectivity index (χ0) is 29.5. The van der Waals surface area contributed by atoms with Crippen LogP contribution in [0.2, 0.25) is 0 Å². The topological polar surface area (TPSA) is 4.93 Å². The maximum Gasteiger partial charge on any atom is 0.0626 e. The fourth-order valence-corrected chi connectivity index (χ4v) is 7.93. The summed E-state index contributed by atoms with van der Waals surface area (Å²) >= 11 is 0. The first-order chi connectivity index (χ1) is 22.4. The Bertz CT molecular complexity index is 2800. The normalized spacial score (nSPS) is 12.0. The molecule has 0 amide bonds. The summed E-state index contributed by atoms with van der Waals surface area (Å²) in [6.07, 6.45) is 0. The quantitative estimate of drug-likeness (QED) is 0.183. The number of para-hydroxylation sites is 1. The van der Waals surface area contributed by atoms with Gasteiger partial charge in [-0.25, -0.2) is 0 Å². The standard InChI is InChI=1S/C44H27N/c1-2-14-28(15-3-1)29-26-27-40(33-19-7-4-16-30(29)33)45-39-25-13-12-24-38(39)43-42-35-21-9-6-18-32(35)31-17-5-8-20-34(31)41(42)36-22-10-11-23-37(36)44(43)45/h1-27H. The average Bonchev–Trinajstić information content (AvgIpc) is 3.46. The number of hydrogen-bond donors (Lipinski definition) is 0. The average molecular weight is 570 g/mol. The van der Waals surface area contributed by atoms with Gasteiger partial charge in [-0.3, -0.25) is 0 Å². The van der Waals surface area contributed by atoms with E-state index in [1.54, 1.807) is 0 Å². The summed E-state index contributed by atoms with van der Waals surface area (Å²) < 4.78 is 2.54. The molecule has 1 heterocycles. The van der Waals surface area contributed by atoms with E-state index in [2.05, 4.69) is 168 Å². The lowest BCUT2D eigenvalue weighted by atomic mass is 9.88. The van der Waals surface area contributed by atoms with Crippen molar-refractivity contribution < 1.29 is 0 Å². The summed E-state index contributed by atoms with van der Waals surface area (Å²) in [5.41, 5.74) is 6.17. The van der Waals surface area contributed by atoms with Crippen molar-refractivity contribution in [3.63, 3.8) is 0 Å². The lowest BCUT2D eigenvalue weighted by molar-refractivity contribution is 1.21. The summed E-state index contributed by atoms with van der Waals surface area (Å²) in [6.45, 7) is 0. The van der Waals surface area contributed by atoms with E-state index in [9.17, 15) is 0 Å². The number of hydrogen-bond acceptors (Lipinski definition) is 0. The summed E-state index contributed by atoms with van der Waals surface area (Å²) in [4.78, 5) is 0. The molecule has 10 aromatic rings. The Balaban J connectivity index is 1.48. The molecular weight excluding hydrogens is 542 g/mol. The molecule has 0 saturated heterocycles. The molecule has 0 aliphatic heterocycles. The molecule has 0 saturated carbocycles. The van der Waals surface area contributed by atoms with Gasteiger partial charge in [0.25, 0.3) is 0 Å². The summed E-state index contributed by atoms with van der Waals surface area (Å²) in [7, 11) is 0. The molecule has 0 N–H and O–H groups in total. The van der Waals surface area contributed by atoms with Crippen LogP contribution in [-0.4, -0.2) is 4.57 Å². The predicted molar refractivity (Wildman–Crippen MR) is 194 cm³/mol. The Kier molecular flexibility index (Phi) is 5.06. The van der Waals surface area contributed by atoms with Gasteiger partial charge >= 0.3 is 0 Å². The van der Waals surface area contributed by atoms with E-state index in [-0.39, 0.29) is 0 Å². The lowest BCUT2D eigenvalue weighted by Gasteiger charge is -2.18. The zero-order valence-corrected chi connectivity index (χ0v) is 24.5. The molecule has 0 unspecified atom stereocenters. The minimum absolute atomic E-state index is 1.20. The van der Waals surface area contributed by atoms with Gasteiger partial charge in [-0.05, 0) is 61.0 Å². The molecule has 0 radical (unpaired) electrons. The SMILES string of the molecule is c1ccc(-c2ccc(-n3c4ccccc4c4c5c6ccccc6c6ccccc6c5c5ccccc5c43)c3ccccc23)cc1. The summed E-state index contributed by atoms with van der Waals surface area (Å²) in [5.74, 6) is 0. The highest BCUT2D eigenvalue weighted by Gasteiger charge is 2.23. The molecule has 0 atom stereocenters. The first-order valence-electron chi connectivity index (χ1n) is 15.6. The number of fused-ring (bicyclic) bond motifs is 14. The first kappa shape index (κ1) is 24.5. The van der Waals surface area contributed by atoms with E-state index in [4.69, 9.17) is 0 Å². The van der Waals surface area contributed by atoms with E-state index < -0.39 is 0 Å². The third-order valence-electron chi connectivity index (χ3n) is 9.74. The molecule has 0 spiro atoms. The molecule has 1 heteroatoms. The zero-order valence-electron chi connectivity index (χ0n) is 24.5. The second-order valence-electron chi connectivity index (χ2n) is 12.0. The Morgan fingerprint density at radius 1 is 0.289 bits per heavy atom. The Hall–Kier alpha value is -5.92. The molecule has 208 valence electrons. The monoisotopic (exact) mass is 569 g/mol. The lowest BCUT2D eigenvalue weighted by Crippen LogP contribution is -1.97. The van der Waals surface area contributed by atoms with E-state index in [0.29, 0.717) is 0 Å². The van der Waals surface area contributed by atoms with Crippen molar-refractivity contribution in [1.82, 2.24) is 4.57 Å². The molecule has 1 aromatic heterocycles. The summed E-state index contributed by atoms with van der Waals surface area (Å²) in [5, 5.41) is 15.5. The predicted octanol–water partition coefficient (Wildman–Crippen LogP) is 12.2. The highest BCUT2D eigenvalue weighted by molar-refractivity contribution is 6.42. The van der Waals surface area contributed by atoms with Crippen molar-refractivity contribution in [2.75, 3.05) is 0 Å². The van der Waals surface area contributed by atoms with Crippen molar-refractivity contribution in [2.45, 2.75) is 0 Å². The van der Waals surface area contributed by atoms with Crippen molar-refractivity contribution in [2.24, 2.45) is 0 Å². The van der Waals surface area contributed by atoms with Crippen molar-refractivity contribution in [3.8, 4) is 16.8 Å². The molecule has 0 fully saturated rings. The van der Waals surface area contributed by atoms with Gasteiger partial charge in [0.1, 0.15) is 0 Å². The fourth-order valence-electron chi connectivity index (χ4n) is 7.93. The first-order valence-corrected chi connectivity index (χ1v) is 15.6. The van der Waals surface area contributed by atoms with Crippen molar-refractivity contribution >= 4 is 75.7 Å². The van der Waals surface area contributed by atoms with Gasteiger partial charge in [0.15, 0.2) is 0 Å². The Morgan fingerprint density at radius 2 is 0.778 bits per heavy atom. The molecule has 0 aliphatic rings. The highest BCUT2D eigenvalue weighted by atomic mass is 15.0. The van der Waals surface area contributed by atoms with Crippen LogP contribution < -0.4 is 0 Å². The van der Waals surface area contributed by atoms with Crippen LogP contribution in [0.1, 0.15) is 0 Å². The van der Waals surface area contributed by atoms with Crippen molar-refractivity contribution in [1.29, 1.82) is 0 Å². The molecule has 9 aromatic carbocycles. The van der Waals surface area contributed by atoms with Gasteiger partial charge in [0, 0.05) is 26.9 Å². The van der Waals surface area contributed by atoms with Gasteiger partial charge in [-0.2, -0.15) is 0 Å². The third-order valence-corrected chi connectivity index (χ3v) is 9.74. The van der Waals surface area contributed by atoms with Crippen LogP contribution in [-0.2, 0) is 0 Å². The van der Waals surface area contributed by atoms with Crippen LogP contribution in [0.15, 0.2) is 164 Å².